The fourth-order valence-electron chi connectivity index (χ4n) is 4.12. The zero-order valence-corrected chi connectivity index (χ0v) is 21.9. The van der Waals surface area contributed by atoms with E-state index in [1.165, 1.54) is 21.5 Å². The molecule has 11 nitrogen and oxygen atoms in total. The Balaban J connectivity index is 1.58. The van der Waals surface area contributed by atoms with E-state index < -0.39 is 17.2 Å². The van der Waals surface area contributed by atoms with Gasteiger partial charge in [0.25, 0.3) is 5.91 Å². The molecule has 0 saturated heterocycles. The summed E-state index contributed by atoms with van der Waals surface area (Å²) in [5.74, 6) is 0.861. The number of nitrogen functional groups attached to an aromatic ring is 1. The summed E-state index contributed by atoms with van der Waals surface area (Å²) in [6.07, 6.45) is 2.75. The van der Waals surface area contributed by atoms with Crippen LogP contribution in [0.5, 0.6) is 11.5 Å². The number of aromatic nitrogens is 4. The average Bonchev–Trinajstić information content (AvgIpc) is 3.20. The number of carbonyl (C=O) groups excluding carboxylic acids is 1. The van der Waals surface area contributed by atoms with Crippen LogP contribution in [0.4, 0.5) is 5.82 Å². The monoisotopic (exact) mass is 527 g/mol. The Bertz CT molecular complexity index is 1600. The molecule has 0 radical (unpaired) electrons. The van der Waals surface area contributed by atoms with Crippen LogP contribution < -0.4 is 21.5 Å². The van der Waals surface area contributed by atoms with Crippen molar-refractivity contribution in [3.63, 3.8) is 0 Å². The summed E-state index contributed by atoms with van der Waals surface area (Å²) in [5.41, 5.74) is 6.10. The highest BCUT2D eigenvalue weighted by Crippen LogP contribution is 2.25. The zero-order valence-electron chi connectivity index (χ0n) is 21.9. The van der Waals surface area contributed by atoms with E-state index in [0.29, 0.717) is 35.0 Å². The molecule has 0 spiro atoms. The van der Waals surface area contributed by atoms with Crippen molar-refractivity contribution < 1.29 is 14.3 Å². The Morgan fingerprint density at radius 2 is 1.82 bits per heavy atom. The van der Waals surface area contributed by atoms with Gasteiger partial charge in [0.05, 0.1) is 11.3 Å². The Morgan fingerprint density at radius 1 is 1.13 bits per heavy atom. The Labute approximate surface area is 225 Å². The summed E-state index contributed by atoms with van der Waals surface area (Å²) < 4.78 is 14.2. The summed E-state index contributed by atoms with van der Waals surface area (Å²) in [5, 5.41) is 12.1. The lowest BCUT2D eigenvalue weighted by Gasteiger charge is -2.20. The number of amides is 1. The molecular formula is C28H29N7O4. The van der Waals surface area contributed by atoms with Crippen molar-refractivity contribution in [2.24, 2.45) is 0 Å². The zero-order chi connectivity index (χ0) is 28.0. The molecular weight excluding hydrogens is 498 g/mol. The number of nitriles is 1. The van der Waals surface area contributed by atoms with Crippen LogP contribution in [0.25, 0.3) is 16.9 Å². The number of hydrogen-bond donors (Lipinski definition) is 2. The Hall–Kier alpha value is -4.95. The number of anilines is 1. The second-order valence-electron chi connectivity index (χ2n) is 9.07. The molecule has 2 aromatic carbocycles. The topological polar surface area (TPSA) is 150 Å². The number of fused-ring (bicyclic) bond motifs is 1. The lowest BCUT2D eigenvalue weighted by atomic mass is 10.1. The van der Waals surface area contributed by atoms with Crippen LogP contribution >= 0.6 is 0 Å². The van der Waals surface area contributed by atoms with Gasteiger partial charge in [-0.15, -0.1) is 0 Å². The van der Waals surface area contributed by atoms with Gasteiger partial charge in [-0.05, 0) is 63.2 Å². The lowest BCUT2D eigenvalue weighted by Crippen LogP contribution is -2.33. The summed E-state index contributed by atoms with van der Waals surface area (Å²) in [4.78, 5) is 34.5. The fourth-order valence-corrected chi connectivity index (χ4v) is 4.12. The van der Waals surface area contributed by atoms with E-state index in [2.05, 4.69) is 15.3 Å². The van der Waals surface area contributed by atoms with E-state index in [1.54, 1.807) is 38.1 Å². The number of rotatable bonds is 10. The first-order valence-electron chi connectivity index (χ1n) is 12.3. The quantitative estimate of drug-likeness (QED) is 0.235. The molecule has 1 amide bonds. The number of carbonyl (C=O) groups is 1. The minimum absolute atomic E-state index is 0.0691. The predicted octanol–water partition coefficient (Wildman–Crippen LogP) is 3.34. The maximum Gasteiger partial charge on any atom is 0.335 e. The van der Waals surface area contributed by atoms with Gasteiger partial charge in [0, 0.05) is 19.7 Å². The van der Waals surface area contributed by atoms with Crippen LogP contribution in [0.2, 0.25) is 0 Å². The molecule has 2 aromatic heterocycles. The van der Waals surface area contributed by atoms with Crippen molar-refractivity contribution in [2.75, 3.05) is 18.9 Å². The van der Waals surface area contributed by atoms with E-state index in [-0.39, 0.29) is 24.5 Å². The SMILES string of the molecule is CCOC(C)(C)C=C(C#N)C(=O)NCCn1c(=O)n(-c2ccc(Oc3ccccc3)cc2)c2c(N)ncnc21. The van der Waals surface area contributed by atoms with Gasteiger partial charge in [-0.25, -0.2) is 14.8 Å². The third-order valence-corrected chi connectivity index (χ3v) is 5.80. The van der Waals surface area contributed by atoms with E-state index >= 15 is 0 Å². The van der Waals surface area contributed by atoms with E-state index in [9.17, 15) is 14.9 Å². The molecule has 0 unspecified atom stereocenters. The summed E-state index contributed by atoms with van der Waals surface area (Å²) in [7, 11) is 0. The Kier molecular flexibility index (Phi) is 8.07. The molecule has 0 aliphatic rings. The number of nitrogens with zero attached hydrogens (tertiary/aromatic N) is 5. The largest absolute Gasteiger partial charge is 0.457 e. The molecule has 0 fully saturated rings. The van der Waals surface area contributed by atoms with Crippen LogP contribution in [0.15, 0.2) is 77.4 Å². The third-order valence-electron chi connectivity index (χ3n) is 5.80. The first-order chi connectivity index (χ1) is 18.7. The molecule has 0 atom stereocenters. The van der Waals surface area contributed by atoms with Crippen molar-refractivity contribution in [3.8, 4) is 23.3 Å². The van der Waals surface area contributed by atoms with Gasteiger partial charge in [-0.3, -0.25) is 13.9 Å². The second kappa shape index (κ2) is 11.6. The van der Waals surface area contributed by atoms with E-state index in [1.807, 2.05) is 43.3 Å². The highest BCUT2D eigenvalue weighted by molar-refractivity contribution is 5.97. The molecule has 11 heteroatoms. The number of nitrogens with one attached hydrogen (secondary N) is 1. The number of ether oxygens (including phenoxy) is 2. The highest BCUT2D eigenvalue weighted by Gasteiger charge is 2.21. The summed E-state index contributed by atoms with van der Waals surface area (Å²) in [6, 6.07) is 18.2. The van der Waals surface area contributed by atoms with Crippen molar-refractivity contribution in [3.05, 3.63) is 83.1 Å². The molecule has 200 valence electrons. The van der Waals surface area contributed by atoms with Crippen LogP contribution in [0.1, 0.15) is 20.8 Å². The average molecular weight is 528 g/mol. The molecule has 4 rings (SSSR count). The van der Waals surface area contributed by atoms with Crippen LogP contribution in [-0.4, -0.2) is 43.8 Å². The molecule has 3 N–H and O–H groups in total. The van der Waals surface area contributed by atoms with Gasteiger partial charge >= 0.3 is 5.69 Å². The minimum atomic E-state index is -0.780. The van der Waals surface area contributed by atoms with E-state index in [0.717, 1.165) is 0 Å². The molecule has 0 aliphatic carbocycles. The maximum atomic E-state index is 13.5. The van der Waals surface area contributed by atoms with Crippen LogP contribution in [-0.2, 0) is 16.1 Å². The van der Waals surface area contributed by atoms with Crippen LogP contribution in [0, 0.1) is 11.3 Å². The Morgan fingerprint density at radius 3 is 2.49 bits per heavy atom. The number of benzene rings is 2. The predicted molar refractivity (Wildman–Crippen MR) is 146 cm³/mol. The van der Waals surface area contributed by atoms with Crippen molar-refractivity contribution in [1.29, 1.82) is 5.26 Å². The third kappa shape index (κ3) is 6.14. The van der Waals surface area contributed by atoms with Gasteiger partial charge in [0.1, 0.15) is 35.0 Å². The second-order valence-corrected chi connectivity index (χ2v) is 9.07. The fraction of sp³-hybridized carbons (Fsp3) is 0.250. The smallest absolute Gasteiger partial charge is 0.335 e. The molecule has 0 aliphatic heterocycles. The molecule has 0 saturated carbocycles. The van der Waals surface area contributed by atoms with Gasteiger partial charge in [-0.2, -0.15) is 5.26 Å². The lowest BCUT2D eigenvalue weighted by molar-refractivity contribution is -0.117. The summed E-state index contributed by atoms with van der Waals surface area (Å²) in [6.45, 7) is 5.95. The highest BCUT2D eigenvalue weighted by atomic mass is 16.5. The van der Waals surface area contributed by atoms with Crippen molar-refractivity contribution in [1.82, 2.24) is 24.4 Å². The molecule has 0 bridgehead atoms. The maximum absolute atomic E-state index is 13.5. The summed E-state index contributed by atoms with van der Waals surface area (Å²) >= 11 is 0. The molecule has 4 aromatic rings. The standard InChI is InChI=1S/C28H29N7O4/c1-4-38-28(2,3)16-19(17-29)26(36)31-14-15-34-25-23(24(30)32-18-33-25)35(27(34)37)20-10-12-22(13-11-20)39-21-8-6-5-7-9-21/h5-13,16,18H,4,14-15H2,1-3H3,(H,31,36)(H2,30,32,33). The molecule has 2 heterocycles. The van der Waals surface area contributed by atoms with Crippen molar-refractivity contribution >= 4 is 22.9 Å². The normalized spacial score (nSPS) is 11.8. The number of imidazole rings is 1. The first-order valence-corrected chi connectivity index (χ1v) is 12.3. The van der Waals surface area contributed by atoms with Crippen molar-refractivity contribution in [2.45, 2.75) is 32.9 Å². The van der Waals surface area contributed by atoms with Gasteiger partial charge in [0.15, 0.2) is 11.5 Å². The van der Waals surface area contributed by atoms with Gasteiger partial charge in [-0.1, -0.05) is 18.2 Å². The number of para-hydroxylation sites is 1. The van der Waals surface area contributed by atoms with E-state index in [4.69, 9.17) is 15.2 Å². The number of hydrogen-bond acceptors (Lipinski definition) is 8. The molecule has 39 heavy (non-hydrogen) atoms. The number of nitrogens with two attached hydrogens (primary N) is 1. The first kappa shape index (κ1) is 27.1. The van der Waals surface area contributed by atoms with Crippen LogP contribution in [0.3, 0.4) is 0 Å². The van der Waals surface area contributed by atoms with Gasteiger partial charge in [0.2, 0.25) is 0 Å². The van der Waals surface area contributed by atoms with Gasteiger partial charge < -0.3 is 20.5 Å². The minimum Gasteiger partial charge on any atom is -0.457 e.